The van der Waals surface area contributed by atoms with E-state index in [1.54, 1.807) is 7.11 Å². The first kappa shape index (κ1) is 12.5. The molecule has 0 saturated carbocycles. The molecule has 0 atom stereocenters. The molecule has 0 saturated heterocycles. The van der Waals surface area contributed by atoms with Gasteiger partial charge < -0.3 is 9.14 Å². The van der Waals surface area contributed by atoms with E-state index >= 15 is 0 Å². The number of methoxy groups -OCH3 is 1. The van der Waals surface area contributed by atoms with Gasteiger partial charge in [0.2, 0.25) is 0 Å². The zero-order valence-corrected chi connectivity index (χ0v) is 11.5. The lowest BCUT2D eigenvalue weighted by Gasteiger charge is -2.06. The number of hydrogen-bond donors (Lipinski definition) is 0. The van der Waals surface area contributed by atoms with Crippen LogP contribution >= 0.6 is 0 Å². The van der Waals surface area contributed by atoms with E-state index in [-0.39, 0.29) is 0 Å². The van der Waals surface area contributed by atoms with Crippen LogP contribution in [0.1, 0.15) is 15.9 Å². The predicted molar refractivity (Wildman–Crippen MR) is 79.5 cm³/mol. The second-order valence-corrected chi connectivity index (χ2v) is 4.75. The maximum absolute atomic E-state index is 11.4. The molecule has 3 rings (SSSR count). The van der Waals surface area contributed by atoms with Gasteiger partial charge in [-0.3, -0.25) is 4.79 Å². The predicted octanol–water partition coefficient (Wildman–Crippen LogP) is 3.74. The van der Waals surface area contributed by atoms with Crippen LogP contribution in [0.25, 0.3) is 16.6 Å². The molecule has 1 aromatic carbocycles. The van der Waals surface area contributed by atoms with Gasteiger partial charge in [0.15, 0.2) is 6.29 Å². The minimum absolute atomic E-state index is 0.718. The number of rotatable bonds is 3. The molecule has 3 nitrogen and oxygen atoms in total. The van der Waals surface area contributed by atoms with E-state index in [2.05, 4.69) is 0 Å². The number of aryl methyl sites for hydroxylation is 1. The molecule has 2 aromatic heterocycles. The number of nitrogens with zero attached hydrogens (tertiary/aromatic N) is 1. The molecule has 100 valence electrons. The Morgan fingerprint density at radius 1 is 1.20 bits per heavy atom. The summed E-state index contributed by atoms with van der Waals surface area (Å²) in [5.41, 5.74) is 4.66. The van der Waals surface area contributed by atoms with E-state index < -0.39 is 0 Å². The zero-order valence-electron chi connectivity index (χ0n) is 11.5. The first-order chi connectivity index (χ1) is 9.74. The van der Waals surface area contributed by atoms with E-state index in [1.165, 1.54) is 0 Å². The smallest absolute Gasteiger partial charge is 0.152 e. The molecule has 0 radical (unpaired) electrons. The van der Waals surface area contributed by atoms with Gasteiger partial charge in [-0.2, -0.15) is 0 Å². The molecule has 0 amide bonds. The molecule has 0 aliphatic heterocycles. The standard InChI is InChI=1S/C17H15NO2/c1-12-9-13(6-7-17(12)20-2)14-10-18-8-4-3-5-16(18)15(14)11-19/h3-11H,1-2H3. The fraction of sp³-hybridized carbons (Fsp3) is 0.118. The number of hydrogen-bond acceptors (Lipinski definition) is 2. The molecular weight excluding hydrogens is 250 g/mol. The van der Waals surface area contributed by atoms with Gasteiger partial charge in [-0.05, 0) is 42.3 Å². The molecular formula is C17H15NO2. The van der Waals surface area contributed by atoms with Crippen LogP contribution in [0.3, 0.4) is 0 Å². The number of carbonyl (C=O) groups is 1. The molecule has 0 fully saturated rings. The number of ether oxygens (including phenoxy) is 1. The average molecular weight is 265 g/mol. The van der Waals surface area contributed by atoms with E-state index in [4.69, 9.17) is 4.74 Å². The van der Waals surface area contributed by atoms with Gasteiger partial charge in [-0.25, -0.2) is 0 Å². The van der Waals surface area contributed by atoms with Gasteiger partial charge >= 0.3 is 0 Å². The highest BCUT2D eigenvalue weighted by atomic mass is 16.5. The molecule has 0 aliphatic carbocycles. The minimum atomic E-state index is 0.718. The minimum Gasteiger partial charge on any atom is -0.496 e. The van der Waals surface area contributed by atoms with Gasteiger partial charge in [0, 0.05) is 23.5 Å². The molecule has 0 spiro atoms. The molecule has 3 aromatic rings. The largest absolute Gasteiger partial charge is 0.496 e. The zero-order chi connectivity index (χ0) is 14.1. The van der Waals surface area contributed by atoms with Crippen molar-refractivity contribution in [3.8, 4) is 16.9 Å². The summed E-state index contributed by atoms with van der Waals surface area (Å²) in [5.74, 6) is 0.852. The van der Waals surface area contributed by atoms with E-state index in [0.29, 0.717) is 0 Å². The summed E-state index contributed by atoms with van der Waals surface area (Å²) in [6.45, 7) is 2.00. The van der Waals surface area contributed by atoms with Crippen LogP contribution in [-0.4, -0.2) is 17.8 Å². The molecule has 0 aliphatic rings. The Labute approximate surface area is 117 Å². The average Bonchev–Trinajstić information content (AvgIpc) is 2.85. The quantitative estimate of drug-likeness (QED) is 0.675. The van der Waals surface area contributed by atoms with E-state index in [0.717, 1.165) is 39.8 Å². The van der Waals surface area contributed by atoms with Crippen molar-refractivity contribution in [2.75, 3.05) is 7.11 Å². The Morgan fingerprint density at radius 2 is 2.05 bits per heavy atom. The topological polar surface area (TPSA) is 30.7 Å². The van der Waals surface area contributed by atoms with Crippen LogP contribution in [0, 0.1) is 6.92 Å². The van der Waals surface area contributed by atoms with Crippen LogP contribution in [0.2, 0.25) is 0 Å². The summed E-state index contributed by atoms with van der Waals surface area (Å²) in [4.78, 5) is 11.4. The van der Waals surface area contributed by atoms with Crippen LogP contribution in [0.4, 0.5) is 0 Å². The number of carbonyl (C=O) groups excluding carboxylic acids is 1. The first-order valence-electron chi connectivity index (χ1n) is 6.44. The SMILES string of the molecule is COc1ccc(-c2cn3ccccc3c2C=O)cc1C. The van der Waals surface area contributed by atoms with Crippen LogP contribution in [-0.2, 0) is 0 Å². The number of aromatic nitrogens is 1. The lowest BCUT2D eigenvalue weighted by Crippen LogP contribution is -1.88. The van der Waals surface area contributed by atoms with Crippen molar-refractivity contribution in [3.05, 3.63) is 59.9 Å². The summed E-state index contributed by atoms with van der Waals surface area (Å²) < 4.78 is 7.25. The number of benzene rings is 1. The summed E-state index contributed by atoms with van der Waals surface area (Å²) in [5, 5.41) is 0. The van der Waals surface area contributed by atoms with Gasteiger partial charge in [0.1, 0.15) is 5.75 Å². The summed E-state index contributed by atoms with van der Waals surface area (Å²) in [6.07, 6.45) is 4.85. The molecule has 20 heavy (non-hydrogen) atoms. The molecule has 3 heteroatoms. The Kier molecular flexibility index (Phi) is 3.03. The monoisotopic (exact) mass is 265 g/mol. The van der Waals surface area contributed by atoms with Gasteiger partial charge in [-0.1, -0.05) is 12.1 Å². The van der Waals surface area contributed by atoms with Crippen molar-refractivity contribution in [2.45, 2.75) is 6.92 Å². The van der Waals surface area contributed by atoms with Gasteiger partial charge in [0.25, 0.3) is 0 Å². The van der Waals surface area contributed by atoms with Crippen molar-refractivity contribution >= 4 is 11.8 Å². The highest BCUT2D eigenvalue weighted by Gasteiger charge is 2.12. The highest BCUT2D eigenvalue weighted by molar-refractivity contribution is 5.96. The van der Waals surface area contributed by atoms with Crippen LogP contribution in [0.15, 0.2) is 48.8 Å². The Morgan fingerprint density at radius 3 is 2.75 bits per heavy atom. The van der Waals surface area contributed by atoms with Crippen molar-refractivity contribution in [2.24, 2.45) is 0 Å². The Balaban J connectivity index is 2.23. The van der Waals surface area contributed by atoms with Crippen molar-refractivity contribution in [1.29, 1.82) is 0 Å². The van der Waals surface area contributed by atoms with Crippen LogP contribution < -0.4 is 4.74 Å². The molecule has 0 N–H and O–H groups in total. The number of aldehydes is 1. The van der Waals surface area contributed by atoms with Crippen molar-refractivity contribution in [3.63, 3.8) is 0 Å². The van der Waals surface area contributed by atoms with E-state index in [1.807, 2.05) is 60.1 Å². The summed E-state index contributed by atoms with van der Waals surface area (Å²) in [7, 11) is 1.66. The lowest BCUT2D eigenvalue weighted by molar-refractivity contribution is 0.112. The Hall–Kier alpha value is -2.55. The maximum atomic E-state index is 11.4. The van der Waals surface area contributed by atoms with Crippen LogP contribution in [0.5, 0.6) is 5.75 Å². The summed E-state index contributed by atoms with van der Waals surface area (Å²) >= 11 is 0. The van der Waals surface area contributed by atoms with E-state index in [9.17, 15) is 4.79 Å². The normalized spacial score (nSPS) is 10.7. The fourth-order valence-electron chi connectivity index (χ4n) is 2.54. The maximum Gasteiger partial charge on any atom is 0.152 e. The first-order valence-corrected chi connectivity index (χ1v) is 6.44. The third-order valence-corrected chi connectivity index (χ3v) is 3.55. The summed E-state index contributed by atoms with van der Waals surface area (Å²) in [6, 6.07) is 11.8. The lowest BCUT2D eigenvalue weighted by atomic mass is 10.0. The van der Waals surface area contributed by atoms with Gasteiger partial charge in [0.05, 0.1) is 12.6 Å². The third-order valence-electron chi connectivity index (χ3n) is 3.55. The molecule has 0 unspecified atom stereocenters. The highest BCUT2D eigenvalue weighted by Crippen LogP contribution is 2.30. The second-order valence-electron chi connectivity index (χ2n) is 4.75. The van der Waals surface area contributed by atoms with Gasteiger partial charge in [-0.15, -0.1) is 0 Å². The number of pyridine rings is 1. The fourth-order valence-corrected chi connectivity index (χ4v) is 2.54. The third kappa shape index (κ3) is 1.88. The van der Waals surface area contributed by atoms with Crippen molar-refractivity contribution in [1.82, 2.24) is 4.40 Å². The molecule has 2 heterocycles. The Bertz CT molecular complexity index is 787. The van der Waals surface area contributed by atoms with Crippen molar-refractivity contribution < 1.29 is 9.53 Å². The number of fused-ring (bicyclic) bond motifs is 1. The second kappa shape index (κ2) is 4.85. The molecule has 0 bridgehead atoms.